The molecule has 0 unspecified atom stereocenters. The van der Waals surface area contributed by atoms with Gasteiger partial charge in [-0.05, 0) is 12.8 Å². The van der Waals surface area contributed by atoms with Crippen LogP contribution in [0.25, 0.3) is 0 Å². The average molecular weight is 201 g/mol. The number of halogens is 2. The molecule has 0 spiro atoms. The van der Waals surface area contributed by atoms with E-state index in [2.05, 4.69) is 4.98 Å². The summed E-state index contributed by atoms with van der Waals surface area (Å²) in [7, 11) is 1.59. The maximum Gasteiger partial charge on any atom is 0.286 e. The lowest BCUT2D eigenvalue weighted by molar-refractivity contribution is 0.00954. The van der Waals surface area contributed by atoms with Crippen LogP contribution in [-0.2, 0) is 18.5 Å². The van der Waals surface area contributed by atoms with E-state index in [1.54, 1.807) is 7.05 Å². The molecule has 0 atom stereocenters. The molecular weight excluding hydrogens is 188 g/mol. The van der Waals surface area contributed by atoms with Crippen LogP contribution < -0.4 is 5.73 Å². The molecule has 1 saturated carbocycles. The van der Waals surface area contributed by atoms with E-state index in [0.29, 0.717) is 5.82 Å². The minimum Gasteiger partial charge on any atom is -0.329 e. The molecule has 2 rings (SSSR count). The van der Waals surface area contributed by atoms with Gasteiger partial charge in [0, 0.05) is 14.0 Å². The van der Waals surface area contributed by atoms with E-state index in [0.717, 1.165) is 19.8 Å². The third-order valence-corrected chi connectivity index (χ3v) is 2.67. The maximum absolute atomic E-state index is 13.0. The summed E-state index contributed by atoms with van der Waals surface area (Å²) in [5, 5.41) is 0. The first-order valence-corrected chi connectivity index (χ1v) is 4.54. The third kappa shape index (κ3) is 1.32. The Hall–Kier alpha value is -0.970. The van der Waals surface area contributed by atoms with Crippen LogP contribution in [-0.4, -0.2) is 9.55 Å². The van der Waals surface area contributed by atoms with Gasteiger partial charge in [0.25, 0.3) is 5.92 Å². The van der Waals surface area contributed by atoms with E-state index in [4.69, 9.17) is 5.73 Å². The number of hydrogen-bond acceptors (Lipinski definition) is 2. The van der Waals surface area contributed by atoms with Crippen molar-refractivity contribution in [2.45, 2.75) is 31.2 Å². The van der Waals surface area contributed by atoms with Crippen molar-refractivity contribution in [1.29, 1.82) is 0 Å². The molecular formula is C9H13F2N3. The predicted molar refractivity (Wildman–Crippen MR) is 47.9 cm³/mol. The molecule has 0 aromatic carbocycles. The molecule has 0 saturated heterocycles. The van der Waals surface area contributed by atoms with E-state index in [9.17, 15) is 8.78 Å². The summed E-state index contributed by atoms with van der Waals surface area (Å²) in [6.45, 7) is 0.865. The van der Waals surface area contributed by atoms with Crippen molar-refractivity contribution >= 4 is 0 Å². The topological polar surface area (TPSA) is 43.8 Å². The standard InChI is InChI=1S/C9H13F2N3/c1-8(10,11)6-5-13-7(14(6)2)9(12)3-4-9/h5H,3-4,12H2,1-2H3. The van der Waals surface area contributed by atoms with Crippen molar-refractivity contribution in [2.24, 2.45) is 12.8 Å². The number of hydrogen-bond donors (Lipinski definition) is 1. The van der Waals surface area contributed by atoms with Crippen LogP contribution in [0.1, 0.15) is 31.3 Å². The Morgan fingerprint density at radius 2 is 2.14 bits per heavy atom. The molecule has 1 heterocycles. The summed E-state index contributed by atoms with van der Waals surface area (Å²) in [6, 6.07) is 0. The van der Waals surface area contributed by atoms with Crippen LogP contribution in [0.15, 0.2) is 6.20 Å². The molecule has 1 aromatic rings. The van der Waals surface area contributed by atoms with Gasteiger partial charge in [-0.3, -0.25) is 0 Å². The van der Waals surface area contributed by atoms with Gasteiger partial charge in [-0.2, -0.15) is 8.78 Å². The van der Waals surface area contributed by atoms with Crippen molar-refractivity contribution in [3.8, 4) is 0 Å². The molecule has 5 heteroatoms. The summed E-state index contributed by atoms with van der Waals surface area (Å²) >= 11 is 0. The summed E-state index contributed by atoms with van der Waals surface area (Å²) in [5.74, 6) is -2.29. The van der Waals surface area contributed by atoms with Crippen LogP contribution in [0.4, 0.5) is 8.78 Å². The van der Waals surface area contributed by atoms with Gasteiger partial charge in [-0.1, -0.05) is 0 Å². The van der Waals surface area contributed by atoms with Crippen LogP contribution in [0.5, 0.6) is 0 Å². The summed E-state index contributed by atoms with van der Waals surface area (Å²) in [6.07, 6.45) is 2.86. The normalized spacial score (nSPS) is 19.8. The number of aromatic nitrogens is 2. The molecule has 1 aliphatic carbocycles. The minimum absolute atomic E-state index is 0.0794. The Morgan fingerprint density at radius 3 is 2.50 bits per heavy atom. The molecule has 0 bridgehead atoms. The van der Waals surface area contributed by atoms with Gasteiger partial charge >= 0.3 is 0 Å². The van der Waals surface area contributed by atoms with Gasteiger partial charge in [0.1, 0.15) is 11.5 Å². The number of alkyl halides is 2. The van der Waals surface area contributed by atoms with Gasteiger partial charge in [0.2, 0.25) is 0 Å². The minimum atomic E-state index is -2.86. The maximum atomic E-state index is 13.0. The lowest BCUT2D eigenvalue weighted by atomic mass is 10.2. The Morgan fingerprint density at radius 1 is 1.57 bits per heavy atom. The number of rotatable bonds is 2. The highest BCUT2D eigenvalue weighted by atomic mass is 19.3. The Balaban J connectivity index is 2.43. The zero-order chi connectivity index (χ0) is 10.6. The quantitative estimate of drug-likeness (QED) is 0.787. The van der Waals surface area contributed by atoms with Crippen LogP contribution in [0.3, 0.4) is 0 Å². The van der Waals surface area contributed by atoms with Gasteiger partial charge in [0.05, 0.1) is 11.7 Å². The Labute approximate surface area is 80.9 Å². The van der Waals surface area contributed by atoms with Gasteiger partial charge < -0.3 is 10.3 Å². The fourth-order valence-corrected chi connectivity index (χ4v) is 1.64. The van der Waals surface area contributed by atoms with E-state index in [1.807, 2.05) is 0 Å². The van der Waals surface area contributed by atoms with Crippen molar-refractivity contribution in [1.82, 2.24) is 9.55 Å². The summed E-state index contributed by atoms with van der Waals surface area (Å²) in [5.41, 5.74) is 5.36. The molecule has 1 aliphatic rings. The number of imidazole rings is 1. The molecule has 0 radical (unpaired) electrons. The fraction of sp³-hybridized carbons (Fsp3) is 0.667. The van der Waals surface area contributed by atoms with Gasteiger partial charge in [-0.15, -0.1) is 0 Å². The van der Waals surface area contributed by atoms with E-state index in [-0.39, 0.29) is 5.69 Å². The van der Waals surface area contributed by atoms with Gasteiger partial charge in [0.15, 0.2) is 0 Å². The average Bonchev–Trinajstić information content (AvgIpc) is 2.60. The Kier molecular flexibility index (Phi) is 1.73. The first kappa shape index (κ1) is 9.58. The molecule has 0 aliphatic heterocycles. The zero-order valence-electron chi connectivity index (χ0n) is 8.22. The molecule has 1 aromatic heterocycles. The zero-order valence-corrected chi connectivity index (χ0v) is 8.22. The van der Waals surface area contributed by atoms with Crippen molar-refractivity contribution < 1.29 is 8.78 Å². The molecule has 2 N–H and O–H groups in total. The largest absolute Gasteiger partial charge is 0.329 e. The third-order valence-electron chi connectivity index (χ3n) is 2.67. The predicted octanol–water partition coefficient (Wildman–Crippen LogP) is 1.48. The number of nitrogens with zero attached hydrogens (tertiary/aromatic N) is 2. The SMILES string of the molecule is Cn1c(C(C)(F)F)cnc1C1(N)CC1. The smallest absolute Gasteiger partial charge is 0.286 e. The second-order valence-corrected chi connectivity index (χ2v) is 4.07. The highest BCUT2D eigenvalue weighted by Crippen LogP contribution is 2.42. The van der Waals surface area contributed by atoms with Crippen molar-refractivity contribution in [3.05, 3.63) is 17.7 Å². The number of nitrogens with two attached hydrogens (primary N) is 1. The highest BCUT2D eigenvalue weighted by Gasteiger charge is 2.45. The first-order valence-electron chi connectivity index (χ1n) is 4.54. The molecule has 1 fully saturated rings. The van der Waals surface area contributed by atoms with E-state index in [1.165, 1.54) is 10.8 Å². The molecule has 14 heavy (non-hydrogen) atoms. The summed E-state index contributed by atoms with van der Waals surface area (Å²) in [4.78, 5) is 3.97. The highest BCUT2D eigenvalue weighted by molar-refractivity contribution is 5.21. The fourth-order valence-electron chi connectivity index (χ4n) is 1.64. The van der Waals surface area contributed by atoms with Crippen molar-refractivity contribution in [3.63, 3.8) is 0 Å². The first-order chi connectivity index (χ1) is 6.34. The molecule has 3 nitrogen and oxygen atoms in total. The second kappa shape index (κ2) is 2.53. The van der Waals surface area contributed by atoms with Crippen LogP contribution >= 0.6 is 0 Å². The lowest BCUT2D eigenvalue weighted by Gasteiger charge is -2.14. The lowest BCUT2D eigenvalue weighted by Crippen LogP contribution is -2.25. The second-order valence-electron chi connectivity index (χ2n) is 4.07. The van der Waals surface area contributed by atoms with Crippen molar-refractivity contribution in [2.75, 3.05) is 0 Å². The van der Waals surface area contributed by atoms with Crippen LogP contribution in [0, 0.1) is 0 Å². The molecule has 78 valence electrons. The van der Waals surface area contributed by atoms with E-state index >= 15 is 0 Å². The summed E-state index contributed by atoms with van der Waals surface area (Å²) < 4.78 is 27.5. The monoisotopic (exact) mass is 201 g/mol. The van der Waals surface area contributed by atoms with E-state index < -0.39 is 11.5 Å². The Bertz CT molecular complexity index is 338. The van der Waals surface area contributed by atoms with Crippen LogP contribution in [0.2, 0.25) is 0 Å². The van der Waals surface area contributed by atoms with Gasteiger partial charge in [-0.25, -0.2) is 4.98 Å². The molecule has 0 amide bonds.